The van der Waals surface area contributed by atoms with E-state index in [1.165, 1.54) is 12.8 Å². The maximum absolute atomic E-state index is 10.8. The third kappa shape index (κ3) is 2.19. The van der Waals surface area contributed by atoms with Gasteiger partial charge in [0.15, 0.2) is 6.29 Å². The summed E-state index contributed by atoms with van der Waals surface area (Å²) in [5.74, 6) is 0. The van der Waals surface area contributed by atoms with Crippen LogP contribution in [0.5, 0.6) is 0 Å². The van der Waals surface area contributed by atoms with Gasteiger partial charge in [0.1, 0.15) is 0 Å². The number of ether oxygens (including phenoxy) is 1. The molecule has 1 aromatic heterocycles. The first-order valence-electron chi connectivity index (χ1n) is 5.96. The van der Waals surface area contributed by atoms with Crippen LogP contribution in [0.15, 0.2) is 6.07 Å². The van der Waals surface area contributed by atoms with E-state index in [4.69, 9.17) is 4.74 Å². The highest BCUT2D eigenvalue weighted by Gasteiger charge is 2.17. The van der Waals surface area contributed by atoms with E-state index in [-0.39, 0.29) is 0 Å². The van der Waals surface area contributed by atoms with Gasteiger partial charge in [0.2, 0.25) is 0 Å². The van der Waals surface area contributed by atoms with E-state index in [1.54, 1.807) is 0 Å². The third-order valence-electron chi connectivity index (χ3n) is 3.40. The van der Waals surface area contributed by atoms with Crippen LogP contribution >= 0.6 is 0 Å². The first kappa shape index (κ1) is 11.4. The topological polar surface area (TPSA) is 31.2 Å². The molecule has 0 radical (unpaired) electrons. The maximum Gasteiger partial charge on any atom is 0.151 e. The van der Waals surface area contributed by atoms with Gasteiger partial charge in [-0.25, -0.2) is 0 Å². The van der Waals surface area contributed by atoms with Crippen molar-refractivity contribution in [1.29, 1.82) is 0 Å². The second kappa shape index (κ2) is 4.83. The van der Waals surface area contributed by atoms with Crippen LogP contribution in [0.1, 0.15) is 41.0 Å². The minimum Gasteiger partial charge on any atom is -0.376 e. The lowest BCUT2D eigenvalue weighted by Crippen LogP contribution is -2.25. The normalized spacial score (nSPS) is 21.0. The maximum atomic E-state index is 10.8. The van der Waals surface area contributed by atoms with E-state index in [9.17, 15) is 4.79 Å². The third-order valence-corrected chi connectivity index (χ3v) is 3.40. The Morgan fingerprint density at radius 3 is 2.88 bits per heavy atom. The number of hydrogen-bond acceptors (Lipinski definition) is 2. The second-order valence-corrected chi connectivity index (χ2v) is 4.54. The molecule has 88 valence electrons. The number of aromatic nitrogens is 1. The standard InChI is InChI=1S/C13H19NO2/c1-10-7-12(9-15)11(2)14(10)8-13-5-3-4-6-16-13/h7,9,13H,3-6,8H2,1-2H3. The molecule has 1 aromatic rings. The van der Waals surface area contributed by atoms with Crippen LogP contribution in [0.2, 0.25) is 0 Å². The van der Waals surface area contributed by atoms with Crippen molar-refractivity contribution in [1.82, 2.24) is 4.57 Å². The van der Waals surface area contributed by atoms with Crippen molar-refractivity contribution < 1.29 is 9.53 Å². The molecule has 0 bridgehead atoms. The number of carbonyl (C=O) groups is 1. The van der Waals surface area contributed by atoms with Crippen molar-refractivity contribution in [2.24, 2.45) is 0 Å². The zero-order valence-electron chi connectivity index (χ0n) is 10.0. The van der Waals surface area contributed by atoms with E-state index in [1.807, 2.05) is 19.9 Å². The summed E-state index contributed by atoms with van der Waals surface area (Å²) in [6, 6.07) is 1.95. The molecule has 0 aliphatic carbocycles. The highest BCUT2D eigenvalue weighted by Crippen LogP contribution is 2.19. The lowest BCUT2D eigenvalue weighted by molar-refractivity contribution is 0.00544. The van der Waals surface area contributed by atoms with Gasteiger partial charge in [0.05, 0.1) is 6.10 Å². The molecule has 2 heterocycles. The lowest BCUT2D eigenvalue weighted by Gasteiger charge is -2.24. The molecule has 2 rings (SSSR count). The van der Waals surface area contributed by atoms with Crippen LogP contribution in [0.4, 0.5) is 0 Å². The smallest absolute Gasteiger partial charge is 0.151 e. The fourth-order valence-electron chi connectivity index (χ4n) is 2.38. The summed E-state index contributed by atoms with van der Waals surface area (Å²) >= 11 is 0. The van der Waals surface area contributed by atoms with Gasteiger partial charge >= 0.3 is 0 Å². The number of hydrogen-bond donors (Lipinski definition) is 0. The summed E-state index contributed by atoms with van der Waals surface area (Å²) in [7, 11) is 0. The molecular weight excluding hydrogens is 202 g/mol. The van der Waals surface area contributed by atoms with Gasteiger partial charge in [-0.15, -0.1) is 0 Å². The minimum absolute atomic E-state index is 0.318. The Kier molecular flexibility index (Phi) is 3.44. The van der Waals surface area contributed by atoms with E-state index >= 15 is 0 Å². The van der Waals surface area contributed by atoms with Crippen molar-refractivity contribution in [2.45, 2.75) is 45.8 Å². The molecule has 1 unspecified atom stereocenters. The van der Waals surface area contributed by atoms with Crippen molar-refractivity contribution in [2.75, 3.05) is 6.61 Å². The van der Waals surface area contributed by atoms with Crippen LogP contribution in [0, 0.1) is 13.8 Å². The molecule has 1 aliphatic rings. The van der Waals surface area contributed by atoms with Gasteiger partial charge in [-0.05, 0) is 39.2 Å². The Morgan fingerprint density at radius 1 is 1.50 bits per heavy atom. The zero-order valence-corrected chi connectivity index (χ0v) is 10.0. The molecule has 0 saturated carbocycles. The molecule has 1 atom stereocenters. The molecule has 1 saturated heterocycles. The molecule has 0 spiro atoms. The van der Waals surface area contributed by atoms with Crippen molar-refractivity contribution in [3.05, 3.63) is 23.0 Å². The fraction of sp³-hybridized carbons (Fsp3) is 0.615. The Hall–Kier alpha value is -1.09. The number of carbonyl (C=O) groups excluding carboxylic acids is 1. The quantitative estimate of drug-likeness (QED) is 0.734. The average molecular weight is 221 g/mol. The van der Waals surface area contributed by atoms with Gasteiger partial charge < -0.3 is 9.30 Å². The molecule has 16 heavy (non-hydrogen) atoms. The van der Waals surface area contributed by atoms with Crippen LogP contribution in [0.3, 0.4) is 0 Å². The molecule has 3 heteroatoms. The SMILES string of the molecule is Cc1cc(C=O)c(C)n1CC1CCCCO1. The van der Waals surface area contributed by atoms with Crippen LogP contribution in [-0.4, -0.2) is 23.6 Å². The Labute approximate surface area is 96.4 Å². The van der Waals surface area contributed by atoms with Crippen LogP contribution in [0.25, 0.3) is 0 Å². The van der Waals surface area contributed by atoms with Gasteiger partial charge in [0, 0.05) is 30.1 Å². The number of aryl methyl sites for hydroxylation is 1. The van der Waals surface area contributed by atoms with Crippen molar-refractivity contribution >= 4 is 6.29 Å². The van der Waals surface area contributed by atoms with E-state index < -0.39 is 0 Å². The number of rotatable bonds is 3. The van der Waals surface area contributed by atoms with E-state index in [0.717, 1.165) is 42.8 Å². The van der Waals surface area contributed by atoms with Gasteiger partial charge in [0.25, 0.3) is 0 Å². The molecule has 1 fully saturated rings. The molecule has 0 amide bonds. The summed E-state index contributed by atoms with van der Waals surface area (Å²) in [6.07, 6.45) is 4.82. The molecule has 3 nitrogen and oxygen atoms in total. The summed E-state index contributed by atoms with van der Waals surface area (Å²) < 4.78 is 7.92. The zero-order chi connectivity index (χ0) is 11.5. The van der Waals surface area contributed by atoms with Crippen molar-refractivity contribution in [3.63, 3.8) is 0 Å². The second-order valence-electron chi connectivity index (χ2n) is 4.54. The van der Waals surface area contributed by atoms with Crippen LogP contribution < -0.4 is 0 Å². The number of nitrogens with zero attached hydrogens (tertiary/aromatic N) is 1. The summed E-state index contributed by atoms with van der Waals surface area (Å²) in [4.78, 5) is 10.8. The Morgan fingerprint density at radius 2 is 2.31 bits per heavy atom. The highest BCUT2D eigenvalue weighted by molar-refractivity contribution is 5.77. The first-order chi connectivity index (χ1) is 7.72. The minimum atomic E-state index is 0.318. The van der Waals surface area contributed by atoms with E-state index in [2.05, 4.69) is 4.57 Å². The molecule has 1 aliphatic heterocycles. The largest absolute Gasteiger partial charge is 0.376 e. The van der Waals surface area contributed by atoms with Crippen molar-refractivity contribution in [3.8, 4) is 0 Å². The Balaban J connectivity index is 2.13. The van der Waals surface area contributed by atoms with Gasteiger partial charge in [-0.3, -0.25) is 4.79 Å². The number of aldehydes is 1. The van der Waals surface area contributed by atoms with Gasteiger partial charge in [-0.1, -0.05) is 0 Å². The summed E-state index contributed by atoms with van der Waals surface area (Å²) in [5.41, 5.74) is 3.00. The van der Waals surface area contributed by atoms with Gasteiger partial charge in [-0.2, -0.15) is 0 Å². The predicted molar refractivity (Wildman–Crippen MR) is 62.9 cm³/mol. The molecule has 0 N–H and O–H groups in total. The highest BCUT2D eigenvalue weighted by atomic mass is 16.5. The first-order valence-corrected chi connectivity index (χ1v) is 5.96. The Bertz CT molecular complexity index is 376. The molecule has 0 aromatic carbocycles. The summed E-state index contributed by atoms with van der Waals surface area (Å²) in [5, 5.41) is 0. The summed E-state index contributed by atoms with van der Waals surface area (Å²) in [6.45, 7) is 5.80. The average Bonchev–Trinajstić information content (AvgIpc) is 2.58. The van der Waals surface area contributed by atoms with E-state index in [0.29, 0.717) is 6.10 Å². The molecular formula is C13H19NO2. The lowest BCUT2D eigenvalue weighted by atomic mass is 10.1. The van der Waals surface area contributed by atoms with Crippen LogP contribution in [-0.2, 0) is 11.3 Å². The monoisotopic (exact) mass is 221 g/mol. The predicted octanol–water partition coefficient (Wildman–Crippen LogP) is 2.49. The fourth-order valence-corrected chi connectivity index (χ4v) is 2.38.